The van der Waals surface area contributed by atoms with Gasteiger partial charge in [-0.15, -0.1) is 0 Å². The van der Waals surface area contributed by atoms with Crippen molar-refractivity contribution >= 4 is 15.7 Å². The first-order valence-electron chi connectivity index (χ1n) is 10.1. The maximum absolute atomic E-state index is 13.4. The number of hydrogen-bond acceptors (Lipinski definition) is 7. The van der Waals surface area contributed by atoms with Crippen LogP contribution >= 0.6 is 0 Å². The minimum atomic E-state index is -3.18. The maximum Gasteiger partial charge on any atom is 0.276 e. The molecule has 2 heterocycles. The third-order valence-electron chi connectivity index (χ3n) is 5.50. The number of carbonyl (C=O) groups is 1. The Morgan fingerprint density at radius 1 is 1.09 bits per heavy atom. The van der Waals surface area contributed by atoms with Crippen molar-refractivity contribution in [3.05, 3.63) is 65.9 Å². The van der Waals surface area contributed by atoms with Crippen molar-refractivity contribution < 1.29 is 27.2 Å². The molecule has 1 amide bonds. The Kier molecular flexibility index (Phi) is 6.18. The van der Waals surface area contributed by atoms with Crippen molar-refractivity contribution in [2.45, 2.75) is 19.0 Å². The summed E-state index contributed by atoms with van der Waals surface area (Å²) in [5, 5.41) is 3.97. The van der Waals surface area contributed by atoms with Gasteiger partial charge in [0.05, 0.1) is 25.7 Å². The van der Waals surface area contributed by atoms with Crippen LogP contribution in [0.25, 0.3) is 11.3 Å². The van der Waals surface area contributed by atoms with E-state index in [1.54, 1.807) is 37.3 Å². The molecule has 0 unspecified atom stereocenters. The Morgan fingerprint density at radius 2 is 1.84 bits per heavy atom. The van der Waals surface area contributed by atoms with E-state index in [2.05, 4.69) is 5.16 Å². The first kappa shape index (κ1) is 21.9. The molecule has 0 spiro atoms. The lowest BCUT2D eigenvalue weighted by atomic mass is 10.1. The van der Waals surface area contributed by atoms with Crippen LogP contribution in [0.15, 0.2) is 59.1 Å². The van der Waals surface area contributed by atoms with Crippen molar-refractivity contribution in [3.8, 4) is 22.8 Å². The fourth-order valence-electron chi connectivity index (χ4n) is 3.77. The van der Waals surface area contributed by atoms with Crippen LogP contribution in [0.2, 0.25) is 0 Å². The number of methoxy groups -OCH3 is 2. The van der Waals surface area contributed by atoms with Gasteiger partial charge in [-0.3, -0.25) is 4.79 Å². The first-order chi connectivity index (χ1) is 15.4. The summed E-state index contributed by atoms with van der Waals surface area (Å²) in [6.45, 7) is 0.237. The lowest BCUT2D eigenvalue weighted by molar-refractivity contribution is 0.0670. The second kappa shape index (κ2) is 9.04. The summed E-state index contributed by atoms with van der Waals surface area (Å²) in [6, 6.07) is 15.7. The molecule has 0 aliphatic carbocycles. The van der Waals surface area contributed by atoms with Gasteiger partial charge >= 0.3 is 0 Å². The summed E-state index contributed by atoms with van der Waals surface area (Å²) in [5.41, 5.74) is 1.71. The largest absolute Gasteiger partial charge is 0.497 e. The van der Waals surface area contributed by atoms with E-state index in [0.717, 1.165) is 11.1 Å². The molecule has 1 fully saturated rings. The van der Waals surface area contributed by atoms with E-state index in [0.29, 0.717) is 23.7 Å². The lowest BCUT2D eigenvalue weighted by Gasteiger charge is -2.27. The zero-order chi connectivity index (χ0) is 22.7. The van der Waals surface area contributed by atoms with Crippen LogP contribution in [0.4, 0.5) is 0 Å². The van der Waals surface area contributed by atoms with Gasteiger partial charge in [-0.25, -0.2) is 8.42 Å². The average molecular weight is 457 g/mol. The fourth-order valence-corrected chi connectivity index (χ4v) is 5.50. The predicted molar refractivity (Wildman–Crippen MR) is 118 cm³/mol. The third kappa shape index (κ3) is 4.77. The summed E-state index contributed by atoms with van der Waals surface area (Å²) in [7, 11) is -0.0252. The lowest BCUT2D eigenvalue weighted by Crippen LogP contribution is -2.40. The second-order valence-corrected chi connectivity index (χ2v) is 9.88. The number of amides is 1. The molecule has 168 valence electrons. The Hall–Kier alpha value is -3.33. The number of aromatic nitrogens is 1. The summed E-state index contributed by atoms with van der Waals surface area (Å²) in [5.74, 6) is 1.44. The molecule has 9 heteroatoms. The molecule has 1 saturated heterocycles. The van der Waals surface area contributed by atoms with E-state index in [9.17, 15) is 13.2 Å². The molecule has 0 saturated carbocycles. The van der Waals surface area contributed by atoms with Crippen LogP contribution in [-0.2, 0) is 16.4 Å². The van der Waals surface area contributed by atoms with Crippen molar-refractivity contribution in [2.24, 2.45) is 0 Å². The van der Waals surface area contributed by atoms with Crippen LogP contribution in [0, 0.1) is 0 Å². The highest BCUT2D eigenvalue weighted by Gasteiger charge is 2.36. The molecule has 1 atom stereocenters. The van der Waals surface area contributed by atoms with Gasteiger partial charge < -0.3 is 18.9 Å². The Bertz CT molecular complexity index is 1200. The molecule has 1 aromatic heterocycles. The van der Waals surface area contributed by atoms with E-state index >= 15 is 0 Å². The smallest absolute Gasteiger partial charge is 0.276 e. The topological polar surface area (TPSA) is 98.9 Å². The SMILES string of the molecule is COc1ccc(-c2cc(C(=O)N(Cc3cccc(OC)c3)[C@@H]3CCS(=O)(=O)C3)no2)cc1. The van der Waals surface area contributed by atoms with Crippen LogP contribution in [0.3, 0.4) is 0 Å². The Labute approximate surface area is 186 Å². The molecule has 0 N–H and O–H groups in total. The van der Waals surface area contributed by atoms with Crippen molar-refractivity contribution in [3.63, 3.8) is 0 Å². The number of hydrogen-bond donors (Lipinski definition) is 0. The highest BCUT2D eigenvalue weighted by molar-refractivity contribution is 7.91. The average Bonchev–Trinajstić information content (AvgIpc) is 3.44. The molecule has 8 nitrogen and oxygen atoms in total. The van der Waals surface area contributed by atoms with Crippen molar-refractivity contribution in [2.75, 3.05) is 25.7 Å². The van der Waals surface area contributed by atoms with E-state index in [4.69, 9.17) is 14.0 Å². The van der Waals surface area contributed by atoms with Gasteiger partial charge in [0.1, 0.15) is 11.5 Å². The minimum absolute atomic E-state index is 0.0636. The first-order valence-corrected chi connectivity index (χ1v) is 12.0. The highest BCUT2D eigenvalue weighted by atomic mass is 32.2. The number of ether oxygens (including phenoxy) is 2. The Balaban J connectivity index is 1.61. The minimum Gasteiger partial charge on any atom is -0.497 e. The predicted octanol–water partition coefficient (Wildman–Crippen LogP) is 3.19. The molecule has 0 bridgehead atoms. The summed E-state index contributed by atoms with van der Waals surface area (Å²) in [6.07, 6.45) is 0.390. The number of sulfone groups is 1. The number of benzene rings is 2. The van der Waals surface area contributed by atoms with E-state index in [-0.39, 0.29) is 29.7 Å². The molecular formula is C23H24N2O6S. The van der Waals surface area contributed by atoms with Gasteiger partial charge in [0, 0.05) is 24.2 Å². The molecule has 1 aliphatic heterocycles. The monoisotopic (exact) mass is 456 g/mol. The molecule has 2 aromatic carbocycles. The van der Waals surface area contributed by atoms with Gasteiger partial charge in [-0.05, 0) is 48.4 Å². The van der Waals surface area contributed by atoms with Gasteiger partial charge in [-0.1, -0.05) is 17.3 Å². The van der Waals surface area contributed by atoms with Crippen molar-refractivity contribution in [1.29, 1.82) is 0 Å². The molecule has 0 radical (unpaired) electrons. The van der Waals surface area contributed by atoms with E-state index in [1.807, 2.05) is 36.4 Å². The maximum atomic E-state index is 13.4. The van der Waals surface area contributed by atoms with E-state index in [1.165, 1.54) is 0 Å². The van der Waals surface area contributed by atoms with E-state index < -0.39 is 15.9 Å². The summed E-state index contributed by atoms with van der Waals surface area (Å²) >= 11 is 0. The van der Waals surface area contributed by atoms with Gasteiger partial charge in [0.25, 0.3) is 5.91 Å². The van der Waals surface area contributed by atoms with Crippen LogP contribution in [0.5, 0.6) is 11.5 Å². The zero-order valence-electron chi connectivity index (χ0n) is 17.9. The van der Waals surface area contributed by atoms with Gasteiger partial charge in [-0.2, -0.15) is 0 Å². The molecular weight excluding hydrogens is 432 g/mol. The summed E-state index contributed by atoms with van der Waals surface area (Å²) in [4.78, 5) is 15.0. The van der Waals surface area contributed by atoms with Crippen LogP contribution in [0.1, 0.15) is 22.5 Å². The number of nitrogens with zero attached hydrogens (tertiary/aromatic N) is 2. The second-order valence-electron chi connectivity index (χ2n) is 7.65. The molecule has 3 aromatic rings. The van der Waals surface area contributed by atoms with Crippen LogP contribution in [-0.4, -0.2) is 56.1 Å². The molecule has 1 aliphatic rings. The fraction of sp³-hybridized carbons (Fsp3) is 0.304. The summed E-state index contributed by atoms with van der Waals surface area (Å²) < 4.78 is 40.0. The zero-order valence-corrected chi connectivity index (χ0v) is 18.7. The standard InChI is InChI=1S/C23H24N2O6S/c1-29-19-8-6-17(7-9-19)22-13-21(24-31-22)23(26)25(18-10-11-32(27,28)15-18)14-16-4-3-5-20(12-16)30-2/h3-9,12-13,18H,10-11,14-15H2,1-2H3/t18-/m1/s1. The number of rotatable bonds is 7. The van der Waals surface area contributed by atoms with Gasteiger partial charge in [0.15, 0.2) is 21.3 Å². The van der Waals surface area contributed by atoms with Gasteiger partial charge in [0.2, 0.25) is 0 Å². The number of carbonyl (C=O) groups excluding carboxylic acids is 1. The normalized spacial score (nSPS) is 17.1. The molecule has 4 rings (SSSR count). The highest BCUT2D eigenvalue weighted by Crippen LogP contribution is 2.26. The Morgan fingerprint density at radius 3 is 2.50 bits per heavy atom. The third-order valence-corrected chi connectivity index (χ3v) is 7.25. The quantitative estimate of drug-likeness (QED) is 0.538. The molecule has 32 heavy (non-hydrogen) atoms. The van der Waals surface area contributed by atoms with Crippen LogP contribution < -0.4 is 9.47 Å². The van der Waals surface area contributed by atoms with Crippen molar-refractivity contribution in [1.82, 2.24) is 10.1 Å².